The molecule has 7 unspecified atom stereocenters. The minimum Gasteiger partial charge on any atom is -0.462 e. The van der Waals surface area contributed by atoms with Crippen LogP contribution < -0.4 is 0 Å². The number of carbonyl (C=O) groups is 2. The highest BCUT2D eigenvalue weighted by atomic mass is 128. The topological polar surface area (TPSA) is 93.1 Å². The van der Waals surface area contributed by atoms with Gasteiger partial charge in [-0.15, -0.1) is 0 Å². The van der Waals surface area contributed by atoms with Gasteiger partial charge in [-0.05, 0) is 30.3 Å². The van der Waals surface area contributed by atoms with Crippen molar-refractivity contribution >= 4 is 49.2 Å². The molecule has 0 aromatic heterocycles. The molecular weight excluding hydrogens is 590 g/mol. The number of hydrogen-bond donors (Lipinski definition) is 2. The number of carbonyl (C=O) groups excluding carboxylic acids is 2. The molecular formula is C20H28I2O6. The molecule has 0 spiro atoms. The Morgan fingerprint density at radius 1 is 1.29 bits per heavy atom. The molecule has 6 nitrogen and oxygen atoms in total. The molecule has 28 heavy (non-hydrogen) atoms. The van der Waals surface area contributed by atoms with Crippen LogP contribution in [0, 0.1) is 17.8 Å². The molecule has 7 atom stereocenters. The normalized spacial score (nSPS) is 37.0. The summed E-state index contributed by atoms with van der Waals surface area (Å²) in [6.45, 7) is 3.53. The number of cyclic esters (lactones) is 1. The van der Waals surface area contributed by atoms with E-state index in [0.29, 0.717) is 19.3 Å². The highest BCUT2D eigenvalue weighted by Crippen LogP contribution is 2.44. The SMILES string of the molecule is CC(=O)OC1CC(O)C=C2C=CC(C)C(CCC3CC(O)CC(=O)O3)C21.II. The lowest BCUT2D eigenvalue weighted by atomic mass is 9.66. The lowest BCUT2D eigenvalue weighted by Gasteiger charge is -2.43. The van der Waals surface area contributed by atoms with Crippen molar-refractivity contribution in [2.24, 2.45) is 17.8 Å². The molecule has 0 radical (unpaired) electrons. The third kappa shape index (κ3) is 6.40. The van der Waals surface area contributed by atoms with E-state index in [1.807, 2.05) is 12.2 Å². The fourth-order valence-electron chi connectivity index (χ4n) is 4.62. The molecule has 3 rings (SSSR count). The van der Waals surface area contributed by atoms with E-state index in [4.69, 9.17) is 9.47 Å². The molecule has 8 heteroatoms. The van der Waals surface area contributed by atoms with Crippen molar-refractivity contribution < 1.29 is 29.3 Å². The summed E-state index contributed by atoms with van der Waals surface area (Å²) in [6, 6.07) is 0. The van der Waals surface area contributed by atoms with E-state index in [1.165, 1.54) is 6.92 Å². The van der Waals surface area contributed by atoms with Gasteiger partial charge in [0.25, 0.3) is 0 Å². The summed E-state index contributed by atoms with van der Waals surface area (Å²) < 4.78 is 10.9. The molecule has 0 amide bonds. The van der Waals surface area contributed by atoms with Gasteiger partial charge in [0.15, 0.2) is 0 Å². The average Bonchev–Trinajstić information content (AvgIpc) is 2.61. The zero-order valence-electron chi connectivity index (χ0n) is 16.1. The summed E-state index contributed by atoms with van der Waals surface area (Å²) >= 11 is 4.24. The van der Waals surface area contributed by atoms with Crippen LogP contribution in [-0.2, 0) is 19.1 Å². The molecule has 1 fully saturated rings. The predicted molar refractivity (Wildman–Crippen MR) is 122 cm³/mol. The number of ether oxygens (including phenoxy) is 2. The van der Waals surface area contributed by atoms with E-state index in [-0.39, 0.29) is 48.3 Å². The highest BCUT2D eigenvalue weighted by molar-refractivity contribution is 15.0. The number of rotatable bonds is 4. The van der Waals surface area contributed by atoms with Crippen LogP contribution in [0.3, 0.4) is 0 Å². The van der Waals surface area contributed by atoms with Crippen LogP contribution in [0.4, 0.5) is 0 Å². The van der Waals surface area contributed by atoms with E-state index in [9.17, 15) is 19.8 Å². The molecule has 1 saturated heterocycles. The largest absolute Gasteiger partial charge is 0.462 e. The first-order valence-corrected chi connectivity index (χ1v) is 15.9. The number of hydrogen-bond acceptors (Lipinski definition) is 6. The molecule has 0 aromatic carbocycles. The van der Waals surface area contributed by atoms with Crippen LogP contribution in [0.15, 0.2) is 23.8 Å². The van der Waals surface area contributed by atoms with Gasteiger partial charge in [0.1, 0.15) is 12.2 Å². The number of aliphatic hydroxyl groups excluding tert-OH is 2. The Morgan fingerprint density at radius 3 is 2.64 bits per heavy atom. The lowest BCUT2D eigenvalue weighted by molar-refractivity contribution is -0.161. The quantitative estimate of drug-likeness (QED) is 0.370. The van der Waals surface area contributed by atoms with E-state index < -0.39 is 12.2 Å². The molecule has 1 aliphatic heterocycles. The summed E-state index contributed by atoms with van der Waals surface area (Å²) in [5, 5.41) is 19.9. The lowest BCUT2D eigenvalue weighted by Crippen LogP contribution is -2.42. The van der Waals surface area contributed by atoms with Gasteiger partial charge in [0.2, 0.25) is 0 Å². The number of esters is 2. The zero-order valence-corrected chi connectivity index (χ0v) is 20.4. The Balaban J connectivity index is 0.00000136. The summed E-state index contributed by atoms with van der Waals surface area (Å²) in [6.07, 6.45) is 6.56. The second-order valence-electron chi connectivity index (χ2n) is 7.81. The van der Waals surface area contributed by atoms with Gasteiger partial charge >= 0.3 is 11.9 Å². The van der Waals surface area contributed by atoms with Crippen molar-refractivity contribution in [3.63, 3.8) is 0 Å². The summed E-state index contributed by atoms with van der Waals surface area (Å²) in [5.41, 5.74) is 1.01. The predicted octanol–water partition coefficient (Wildman–Crippen LogP) is 3.67. The monoisotopic (exact) mass is 618 g/mol. The van der Waals surface area contributed by atoms with Gasteiger partial charge in [-0.25, -0.2) is 0 Å². The number of allylic oxidation sites excluding steroid dienone is 2. The third-order valence-electron chi connectivity index (χ3n) is 5.75. The molecule has 158 valence electrons. The van der Waals surface area contributed by atoms with Gasteiger partial charge in [-0.1, -0.05) is 25.2 Å². The maximum atomic E-state index is 11.5. The van der Waals surface area contributed by atoms with E-state index in [2.05, 4.69) is 50.2 Å². The number of halogens is 2. The first-order chi connectivity index (χ1) is 13.3. The Bertz CT molecular complexity index is 620. The third-order valence-corrected chi connectivity index (χ3v) is 5.75. The van der Waals surface area contributed by atoms with Crippen molar-refractivity contribution in [2.75, 3.05) is 0 Å². The van der Waals surface area contributed by atoms with Gasteiger partial charge in [0.05, 0.1) is 18.6 Å². The van der Waals surface area contributed by atoms with Crippen molar-refractivity contribution in [3.05, 3.63) is 23.8 Å². The Hall–Kier alpha value is -0.200. The standard InChI is InChI=1S/C20H28O6.I2/c1-11-3-4-13-7-14(22)9-18(25-12(2)21)20(13)17(11)6-5-16-8-15(23)10-19(24)26-16;1-2/h3-4,7,11,14-18,20,22-23H,5-6,8-10H2,1-2H3;. The fraction of sp³-hybridized carbons (Fsp3) is 0.700. The van der Waals surface area contributed by atoms with Crippen molar-refractivity contribution in [2.45, 2.75) is 70.4 Å². The van der Waals surface area contributed by atoms with Crippen LogP contribution in [0.1, 0.15) is 46.0 Å². The minimum atomic E-state index is -0.626. The first kappa shape index (κ1) is 24.1. The van der Waals surface area contributed by atoms with Crippen molar-refractivity contribution in [3.8, 4) is 0 Å². The highest BCUT2D eigenvalue weighted by Gasteiger charge is 2.42. The molecule has 0 bridgehead atoms. The number of aliphatic hydroxyl groups is 2. The van der Waals surface area contributed by atoms with E-state index in [0.717, 1.165) is 12.0 Å². The van der Waals surface area contributed by atoms with Crippen molar-refractivity contribution in [1.82, 2.24) is 0 Å². The molecule has 3 aliphatic rings. The van der Waals surface area contributed by atoms with E-state index in [1.54, 1.807) is 0 Å². The molecule has 0 saturated carbocycles. The van der Waals surface area contributed by atoms with Crippen LogP contribution in [0.2, 0.25) is 0 Å². The molecule has 2 N–H and O–H groups in total. The summed E-state index contributed by atoms with van der Waals surface area (Å²) in [7, 11) is 0. The molecule has 1 heterocycles. The van der Waals surface area contributed by atoms with E-state index >= 15 is 0 Å². The Labute approximate surface area is 189 Å². The van der Waals surface area contributed by atoms with Crippen LogP contribution in [-0.4, -0.2) is 46.6 Å². The van der Waals surface area contributed by atoms with Gasteiger partial charge in [0, 0.05) is 62.9 Å². The maximum absolute atomic E-state index is 11.5. The zero-order chi connectivity index (χ0) is 20.8. The number of fused-ring (bicyclic) bond motifs is 1. The first-order valence-electron chi connectivity index (χ1n) is 9.60. The van der Waals surface area contributed by atoms with Gasteiger partial charge < -0.3 is 19.7 Å². The van der Waals surface area contributed by atoms with Gasteiger partial charge in [-0.3, -0.25) is 9.59 Å². The van der Waals surface area contributed by atoms with Crippen LogP contribution in [0.25, 0.3) is 0 Å². The summed E-state index contributed by atoms with van der Waals surface area (Å²) in [5.74, 6) is -0.139. The molecule has 0 aromatic rings. The fourth-order valence-corrected chi connectivity index (χ4v) is 4.62. The smallest absolute Gasteiger partial charge is 0.308 e. The van der Waals surface area contributed by atoms with Crippen molar-refractivity contribution in [1.29, 1.82) is 0 Å². The van der Waals surface area contributed by atoms with Crippen LogP contribution >= 0.6 is 37.2 Å². The second-order valence-corrected chi connectivity index (χ2v) is 7.81. The van der Waals surface area contributed by atoms with Crippen LogP contribution in [0.5, 0.6) is 0 Å². The maximum Gasteiger partial charge on any atom is 0.308 e. The summed E-state index contributed by atoms with van der Waals surface area (Å²) in [4.78, 5) is 23.1. The molecule has 2 aliphatic carbocycles. The second kappa shape index (κ2) is 11.3. The minimum absolute atomic E-state index is 0.0338. The Kier molecular flexibility index (Phi) is 9.68. The van der Waals surface area contributed by atoms with Gasteiger partial charge in [-0.2, -0.15) is 0 Å². The average molecular weight is 618 g/mol. The Morgan fingerprint density at radius 2 is 2.00 bits per heavy atom.